The van der Waals surface area contributed by atoms with Gasteiger partial charge in [-0.15, -0.1) is 0 Å². The van der Waals surface area contributed by atoms with E-state index in [-0.39, 0.29) is 6.02 Å². The van der Waals surface area contributed by atoms with Gasteiger partial charge >= 0.3 is 0 Å². The van der Waals surface area contributed by atoms with Gasteiger partial charge < -0.3 is 19.9 Å². The van der Waals surface area contributed by atoms with Crippen LogP contribution in [-0.4, -0.2) is 30.8 Å². The standard InChI is InChI=1S/C24H21N3O3/c25-23-27-24(14-29-23)18-11-16(4-3-15-1-2-15)5-6-21(18)30-22-13-26-20(12-19(22)24)17-7-9-28-10-8-17/h5-7,11-13,15H,1-2,8-10,14H2,(H2,25,27)/t24-/m0/s1. The fraction of sp³-hybridized carbons (Fsp3) is 0.333. The molecule has 4 aliphatic rings. The van der Waals surface area contributed by atoms with Crippen molar-refractivity contribution in [2.75, 3.05) is 19.8 Å². The molecule has 6 heteroatoms. The van der Waals surface area contributed by atoms with E-state index in [1.165, 1.54) is 18.4 Å². The van der Waals surface area contributed by atoms with Crippen molar-refractivity contribution in [3.8, 4) is 23.3 Å². The Morgan fingerprint density at radius 2 is 2.03 bits per heavy atom. The topological polar surface area (TPSA) is 79.0 Å². The molecule has 1 spiro atoms. The quantitative estimate of drug-likeness (QED) is 0.744. The molecule has 4 heterocycles. The average molecular weight is 399 g/mol. The fourth-order valence-corrected chi connectivity index (χ4v) is 4.19. The minimum absolute atomic E-state index is 0.187. The average Bonchev–Trinajstić information content (AvgIpc) is 3.54. The van der Waals surface area contributed by atoms with Crippen molar-refractivity contribution in [2.24, 2.45) is 16.6 Å². The van der Waals surface area contributed by atoms with Gasteiger partial charge in [-0.25, -0.2) is 4.99 Å². The molecule has 2 N–H and O–H groups in total. The first-order chi connectivity index (χ1) is 14.7. The van der Waals surface area contributed by atoms with Gasteiger partial charge in [-0.1, -0.05) is 17.9 Å². The van der Waals surface area contributed by atoms with E-state index in [1.54, 1.807) is 6.20 Å². The first-order valence-electron chi connectivity index (χ1n) is 10.3. The SMILES string of the molecule is NC1=N[C@@]2(CO1)c1cc(C#CC3CC3)ccc1Oc1cnc(C3=CCOCC3)cc12. The lowest BCUT2D eigenvalue weighted by atomic mass is 9.80. The molecule has 150 valence electrons. The van der Waals surface area contributed by atoms with Crippen LogP contribution >= 0.6 is 0 Å². The van der Waals surface area contributed by atoms with Crippen LogP contribution in [0.25, 0.3) is 5.57 Å². The number of pyridine rings is 1. The molecule has 30 heavy (non-hydrogen) atoms. The monoisotopic (exact) mass is 399 g/mol. The second-order valence-electron chi connectivity index (χ2n) is 8.08. The maximum Gasteiger partial charge on any atom is 0.283 e. The van der Waals surface area contributed by atoms with Crippen molar-refractivity contribution < 1.29 is 14.2 Å². The van der Waals surface area contributed by atoms with Gasteiger partial charge in [0.1, 0.15) is 12.4 Å². The van der Waals surface area contributed by atoms with E-state index in [1.807, 2.05) is 12.1 Å². The third-order valence-electron chi connectivity index (χ3n) is 5.98. The summed E-state index contributed by atoms with van der Waals surface area (Å²) in [6, 6.07) is 8.25. The summed E-state index contributed by atoms with van der Waals surface area (Å²) in [6.07, 6.45) is 7.08. The van der Waals surface area contributed by atoms with Crippen LogP contribution in [0.1, 0.15) is 41.6 Å². The third-order valence-corrected chi connectivity index (χ3v) is 5.98. The van der Waals surface area contributed by atoms with Crippen LogP contribution in [0.4, 0.5) is 0 Å². The van der Waals surface area contributed by atoms with Crippen LogP contribution in [0.5, 0.6) is 11.5 Å². The number of rotatable bonds is 1. The Balaban J connectivity index is 1.50. The number of aliphatic imine (C=N–C) groups is 1. The maximum absolute atomic E-state index is 6.21. The highest BCUT2D eigenvalue weighted by Crippen LogP contribution is 2.51. The predicted molar refractivity (Wildman–Crippen MR) is 112 cm³/mol. The minimum atomic E-state index is -0.756. The van der Waals surface area contributed by atoms with Crippen molar-refractivity contribution in [2.45, 2.75) is 24.8 Å². The zero-order valence-electron chi connectivity index (χ0n) is 16.5. The highest BCUT2D eigenvalue weighted by Gasteiger charge is 2.47. The summed E-state index contributed by atoms with van der Waals surface area (Å²) in [5.74, 6) is 8.58. The second-order valence-corrected chi connectivity index (χ2v) is 8.08. The van der Waals surface area contributed by atoms with Crippen molar-refractivity contribution in [3.05, 3.63) is 58.9 Å². The van der Waals surface area contributed by atoms with E-state index in [9.17, 15) is 0 Å². The lowest BCUT2D eigenvalue weighted by Crippen LogP contribution is -2.31. The lowest BCUT2D eigenvalue weighted by molar-refractivity contribution is 0.161. The van der Waals surface area contributed by atoms with Gasteiger partial charge in [0.2, 0.25) is 0 Å². The first kappa shape index (κ1) is 17.5. The number of hydrogen-bond donors (Lipinski definition) is 1. The molecule has 1 saturated carbocycles. The third kappa shape index (κ3) is 2.86. The van der Waals surface area contributed by atoms with Gasteiger partial charge in [-0.3, -0.25) is 4.98 Å². The molecule has 0 amide bonds. The molecule has 6 rings (SSSR count). The molecule has 0 unspecified atom stereocenters. The summed E-state index contributed by atoms with van der Waals surface area (Å²) in [4.78, 5) is 9.41. The molecule has 3 aliphatic heterocycles. The molecular formula is C24H21N3O3. The number of fused-ring (bicyclic) bond motifs is 4. The zero-order chi connectivity index (χ0) is 20.1. The number of hydrogen-bond acceptors (Lipinski definition) is 6. The normalized spacial score (nSPS) is 23.9. The largest absolute Gasteiger partial charge is 0.462 e. The molecular weight excluding hydrogens is 378 g/mol. The van der Waals surface area contributed by atoms with Crippen LogP contribution in [0.15, 0.2) is 41.5 Å². The predicted octanol–water partition coefficient (Wildman–Crippen LogP) is 3.34. The van der Waals surface area contributed by atoms with Crippen molar-refractivity contribution >= 4 is 11.6 Å². The molecule has 1 aliphatic carbocycles. The summed E-state index contributed by atoms with van der Waals surface area (Å²) in [5.41, 5.74) is 10.1. The summed E-state index contributed by atoms with van der Waals surface area (Å²) in [7, 11) is 0. The summed E-state index contributed by atoms with van der Waals surface area (Å²) < 4.78 is 17.3. The van der Waals surface area contributed by atoms with E-state index in [0.29, 0.717) is 31.5 Å². The Morgan fingerprint density at radius 1 is 1.13 bits per heavy atom. The molecule has 2 aromatic rings. The van der Waals surface area contributed by atoms with Crippen molar-refractivity contribution in [1.29, 1.82) is 0 Å². The van der Waals surface area contributed by atoms with Crippen LogP contribution in [0.3, 0.4) is 0 Å². The number of aromatic nitrogens is 1. The smallest absolute Gasteiger partial charge is 0.283 e. The van der Waals surface area contributed by atoms with E-state index in [2.05, 4.69) is 35.0 Å². The Kier molecular flexibility index (Phi) is 3.87. The Labute approximate surface area is 174 Å². The molecule has 6 nitrogen and oxygen atoms in total. The van der Waals surface area contributed by atoms with E-state index in [4.69, 9.17) is 24.9 Å². The van der Waals surface area contributed by atoms with Crippen molar-refractivity contribution in [3.63, 3.8) is 0 Å². The van der Waals surface area contributed by atoms with Gasteiger partial charge in [0.15, 0.2) is 11.3 Å². The highest BCUT2D eigenvalue weighted by molar-refractivity contribution is 5.77. The van der Waals surface area contributed by atoms with Gasteiger partial charge in [-0.05, 0) is 49.1 Å². The number of benzene rings is 1. The second kappa shape index (κ2) is 6.61. The zero-order valence-corrected chi connectivity index (χ0v) is 16.5. The summed E-state index contributed by atoms with van der Waals surface area (Å²) >= 11 is 0. The maximum atomic E-state index is 6.21. The Morgan fingerprint density at radius 3 is 2.80 bits per heavy atom. The lowest BCUT2D eigenvalue weighted by Gasteiger charge is -2.33. The highest BCUT2D eigenvalue weighted by atomic mass is 16.5. The summed E-state index contributed by atoms with van der Waals surface area (Å²) in [6.45, 7) is 1.63. The number of nitrogens with two attached hydrogens (primary N) is 1. The van der Waals surface area contributed by atoms with Crippen LogP contribution < -0.4 is 10.5 Å². The number of amidine groups is 1. The fourth-order valence-electron chi connectivity index (χ4n) is 4.19. The van der Waals surface area contributed by atoms with Crippen LogP contribution in [0.2, 0.25) is 0 Å². The Hall–Kier alpha value is -3.30. The molecule has 1 aromatic carbocycles. The van der Waals surface area contributed by atoms with E-state index in [0.717, 1.165) is 34.6 Å². The van der Waals surface area contributed by atoms with Gasteiger partial charge in [0.05, 0.1) is 25.1 Å². The first-order valence-corrected chi connectivity index (χ1v) is 10.3. The van der Waals surface area contributed by atoms with E-state index < -0.39 is 5.54 Å². The molecule has 0 saturated heterocycles. The molecule has 1 aromatic heterocycles. The van der Waals surface area contributed by atoms with Gasteiger partial charge in [0, 0.05) is 22.6 Å². The summed E-state index contributed by atoms with van der Waals surface area (Å²) in [5, 5.41) is 0. The number of nitrogens with zero attached hydrogens (tertiary/aromatic N) is 2. The van der Waals surface area contributed by atoms with Crippen LogP contribution in [-0.2, 0) is 15.0 Å². The van der Waals surface area contributed by atoms with Crippen molar-refractivity contribution in [1.82, 2.24) is 4.98 Å². The molecule has 0 radical (unpaired) electrons. The van der Waals surface area contributed by atoms with Gasteiger partial charge in [0.25, 0.3) is 6.02 Å². The molecule has 0 bridgehead atoms. The molecule has 1 atom stereocenters. The van der Waals surface area contributed by atoms with Crippen LogP contribution in [0, 0.1) is 17.8 Å². The molecule has 1 fully saturated rings. The Bertz CT molecular complexity index is 1170. The minimum Gasteiger partial charge on any atom is -0.462 e. The van der Waals surface area contributed by atoms with Gasteiger partial charge in [-0.2, -0.15) is 0 Å². The van der Waals surface area contributed by atoms with E-state index >= 15 is 0 Å². The number of ether oxygens (including phenoxy) is 3.